The second-order valence-corrected chi connectivity index (χ2v) is 5.36. The minimum atomic E-state index is -0.791. The molecule has 3 N–H and O–H groups in total. The maximum atomic E-state index is 12.9. The lowest BCUT2D eigenvalue weighted by molar-refractivity contribution is 0.0931. The van der Waals surface area contributed by atoms with Gasteiger partial charge >= 0.3 is 0 Å². The average molecular weight is 319 g/mol. The van der Waals surface area contributed by atoms with Crippen molar-refractivity contribution in [2.75, 3.05) is 0 Å². The zero-order valence-electron chi connectivity index (χ0n) is 9.38. The minimum absolute atomic E-state index is 0.184. The van der Waals surface area contributed by atoms with Crippen molar-refractivity contribution < 1.29 is 9.18 Å². The number of nitrogens with two attached hydrogens (primary N) is 1. The van der Waals surface area contributed by atoms with Crippen molar-refractivity contribution in [1.82, 2.24) is 5.32 Å². The predicted molar refractivity (Wildman–Crippen MR) is 72.4 cm³/mol. The van der Waals surface area contributed by atoms with E-state index in [-0.39, 0.29) is 10.9 Å². The summed E-state index contributed by atoms with van der Waals surface area (Å²) < 4.78 is 13.3. The van der Waals surface area contributed by atoms with Gasteiger partial charge in [-0.15, -0.1) is 0 Å². The van der Waals surface area contributed by atoms with Crippen LogP contribution in [0.3, 0.4) is 0 Å². The van der Waals surface area contributed by atoms with Crippen molar-refractivity contribution in [3.8, 4) is 0 Å². The molecule has 0 aliphatic rings. The van der Waals surface area contributed by atoms with E-state index in [4.69, 9.17) is 18.0 Å². The first-order chi connectivity index (χ1) is 7.74. The number of rotatable bonds is 3. The van der Waals surface area contributed by atoms with E-state index in [0.717, 1.165) is 0 Å². The van der Waals surface area contributed by atoms with Gasteiger partial charge in [-0.2, -0.15) is 0 Å². The van der Waals surface area contributed by atoms with Gasteiger partial charge in [0.05, 0.1) is 16.1 Å². The fourth-order valence-corrected chi connectivity index (χ4v) is 1.67. The highest BCUT2D eigenvalue weighted by Gasteiger charge is 2.25. The van der Waals surface area contributed by atoms with Gasteiger partial charge in [0.25, 0.3) is 5.91 Å². The molecule has 0 radical (unpaired) electrons. The molecular formula is C11H12BrFN2OS. The molecule has 0 aliphatic heterocycles. The van der Waals surface area contributed by atoms with Gasteiger partial charge < -0.3 is 11.1 Å². The number of hydrogen-bond acceptors (Lipinski definition) is 2. The molecule has 0 aliphatic carbocycles. The zero-order chi connectivity index (χ0) is 13.2. The molecule has 0 atom stereocenters. The number of halogens is 2. The Morgan fingerprint density at radius 1 is 1.53 bits per heavy atom. The molecule has 0 unspecified atom stereocenters. The second kappa shape index (κ2) is 5.10. The lowest BCUT2D eigenvalue weighted by atomic mass is 10.0. The summed E-state index contributed by atoms with van der Waals surface area (Å²) in [5, 5.41) is 2.67. The third-order valence-electron chi connectivity index (χ3n) is 2.22. The number of carbonyl (C=O) groups is 1. The van der Waals surface area contributed by atoms with Gasteiger partial charge in [0.2, 0.25) is 0 Å². The molecular weight excluding hydrogens is 307 g/mol. The quantitative estimate of drug-likeness (QED) is 0.841. The first-order valence-electron chi connectivity index (χ1n) is 4.81. The standard InChI is InChI=1S/C11H12BrFN2OS/c1-11(2,10(14)17)15-9(16)7-4-3-6(13)5-8(7)12/h3-5H,1-2H3,(H2,14,17)(H,15,16). The van der Waals surface area contributed by atoms with Gasteiger partial charge in [0, 0.05) is 4.47 Å². The number of carbonyl (C=O) groups excluding carboxylic acids is 1. The minimum Gasteiger partial charge on any atom is -0.391 e. The molecule has 1 aromatic carbocycles. The summed E-state index contributed by atoms with van der Waals surface area (Å²) in [5.41, 5.74) is 5.04. The van der Waals surface area contributed by atoms with Crippen LogP contribution in [-0.4, -0.2) is 16.4 Å². The highest BCUT2D eigenvalue weighted by molar-refractivity contribution is 9.10. The largest absolute Gasteiger partial charge is 0.391 e. The van der Waals surface area contributed by atoms with Crippen molar-refractivity contribution in [2.24, 2.45) is 5.73 Å². The van der Waals surface area contributed by atoms with Crippen LogP contribution in [-0.2, 0) is 0 Å². The molecule has 1 amide bonds. The van der Waals surface area contributed by atoms with E-state index in [1.807, 2.05) is 0 Å². The van der Waals surface area contributed by atoms with Crippen LogP contribution in [0.4, 0.5) is 4.39 Å². The lowest BCUT2D eigenvalue weighted by Crippen LogP contribution is -2.52. The van der Waals surface area contributed by atoms with Crippen LogP contribution in [0, 0.1) is 5.82 Å². The number of hydrogen-bond donors (Lipinski definition) is 2. The molecule has 0 heterocycles. The Balaban J connectivity index is 2.95. The summed E-state index contributed by atoms with van der Waals surface area (Å²) in [5.74, 6) is -0.781. The normalized spacial score (nSPS) is 11.1. The van der Waals surface area contributed by atoms with E-state index in [1.165, 1.54) is 18.2 Å². The smallest absolute Gasteiger partial charge is 0.253 e. The van der Waals surface area contributed by atoms with Crippen molar-refractivity contribution in [1.29, 1.82) is 0 Å². The van der Waals surface area contributed by atoms with E-state index in [1.54, 1.807) is 13.8 Å². The van der Waals surface area contributed by atoms with Crippen LogP contribution < -0.4 is 11.1 Å². The molecule has 0 saturated heterocycles. The fraction of sp³-hybridized carbons (Fsp3) is 0.273. The molecule has 0 spiro atoms. The van der Waals surface area contributed by atoms with Crippen LogP contribution in [0.5, 0.6) is 0 Å². The van der Waals surface area contributed by atoms with Crippen molar-refractivity contribution >= 4 is 39.0 Å². The maximum Gasteiger partial charge on any atom is 0.253 e. The van der Waals surface area contributed by atoms with E-state index in [2.05, 4.69) is 21.2 Å². The van der Waals surface area contributed by atoms with Crippen LogP contribution in [0.2, 0.25) is 0 Å². The SMILES string of the molecule is CC(C)(NC(=O)c1ccc(F)cc1Br)C(N)=S. The fourth-order valence-electron chi connectivity index (χ4n) is 1.09. The molecule has 92 valence electrons. The molecule has 17 heavy (non-hydrogen) atoms. The zero-order valence-corrected chi connectivity index (χ0v) is 11.8. The van der Waals surface area contributed by atoms with Crippen molar-refractivity contribution in [3.63, 3.8) is 0 Å². The predicted octanol–water partition coefficient (Wildman–Crippen LogP) is 2.38. The van der Waals surface area contributed by atoms with Gasteiger partial charge in [-0.1, -0.05) is 12.2 Å². The van der Waals surface area contributed by atoms with Crippen LogP contribution in [0.1, 0.15) is 24.2 Å². The number of benzene rings is 1. The van der Waals surface area contributed by atoms with Crippen molar-refractivity contribution in [2.45, 2.75) is 19.4 Å². The van der Waals surface area contributed by atoms with Crippen LogP contribution >= 0.6 is 28.1 Å². The molecule has 1 rings (SSSR count). The highest BCUT2D eigenvalue weighted by atomic mass is 79.9. The number of nitrogens with one attached hydrogen (secondary N) is 1. The molecule has 0 bridgehead atoms. The van der Waals surface area contributed by atoms with E-state index >= 15 is 0 Å². The Labute approximate surface area is 113 Å². The number of amides is 1. The summed E-state index contributed by atoms with van der Waals surface area (Å²) >= 11 is 7.97. The van der Waals surface area contributed by atoms with Crippen molar-refractivity contribution in [3.05, 3.63) is 34.1 Å². The lowest BCUT2D eigenvalue weighted by Gasteiger charge is -2.25. The first kappa shape index (κ1) is 14.1. The Morgan fingerprint density at radius 2 is 2.12 bits per heavy atom. The van der Waals surface area contributed by atoms with Gasteiger partial charge in [0.1, 0.15) is 5.82 Å². The molecule has 6 heteroatoms. The summed E-state index contributed by atoms with van der Waals surface area (Å²) in [6, 6.07) is 3.83. The third-order valence-corrected chi connectivity index (χ3v) is 3.38. The second-order valence-electron chi connectivity index (χ2n) is 4.07. The Bertz CT molecular complexity index is 477. The monoisotopic (exact) mass is 318 g/mol. The van der Waals surface area contributed by atoms with Gasteiger partial charge in [-0.25, -0.2) is 4.39 Å². The van der Waals surface area contributed by atoms with E-state index < -0.39 is 11.4 Å². The average Bonchev–Trinajstić information content (AvgIpc) is 2.15. The van der Waals surface area contributed by atoms with Gasteiger partial charge in [0.15, 0.2) is 0 Å². The third kappa shape index (κ3) is 3.47. The van der Waals surface area contributed by atoms with Gasteiger partial charge in [-0.3, -0.25) is 4.79 Å². The topological polar surface area (TPSA) is 55.1 Å². The summed E-state index contributed by atoms with van der Waals surface area (Å²) in [4.78, 5) is 12.1. The van der Waals surface area contributed by atoms with E-state index in [9.17, 15) is 9.18 Å². The molecule has 0 aromatic heterocycles. The molecule has 3 nitrogen and oxygen atoms in total. The summed E-state index contributed by atoms with van der Waals surface area (Å²) in [6.45, 7) is 3.40. The Kier molecular flexibility index (Phi) is 4.21. The Hall–Kier alpha value is -1.01. The molecule has 0 saturated carbocycles. The first-order valence-corrected chi connectivity index (χ1v) is 6.01. The molecule has 1 aromatic rings. The number of thiocarbonyl (C=S) groups is 1. The van der Waals surface area contributed by atoms with Crippen LogP contribution in [0.25, 0.3) is 0 Å². The Morgan fingerprint density at radius 3 is 2.59 bits per heavy atom. The highest BCUT2D eigenvalue weighted by Crippen LogP contribution is 2.18. The van der Waals surface area contributed by atoms with Gasteiger partial charge in [-0.05, 0) is 48.0 Å². The summed E-state index contributed by atoms with van der Waals surface area (Å²) in [6.07, 6.45) is 0. The maximum absolute atomic E-state index is 12.9. The van der Waals surface area contributed by atoms with E-state index in [0.29, 0.717) is 10.0 Å². The van der Waals surface area contributed by atoms with Crippen LogP contribution in [0.15, 0.2) is 22.7 Å². The summed E-state index contributed by atoms with van der Waals surface area (Å²) in [7, 11) is 0. The molecule has 0 fully saturated rings.